The molecule has 0 fully saturated rings. The van der Waals surface area contributed by atoms with Crippen molar-refractivity contribution in [3.63, 3.8) is 0 Å². The molecule has 19 heavy (non-hydrogen) atoms. The van der Waals surface area contributed by atoms with Gasteiger partial charge in [0.1, 0.15) is 11.6 Å². The number of nitrogens with two attached hydrogens (primary N) is 1. The van der Waals surface area contributed by atoms with Crippen molar-refractivity contribution in [1.29, 1.82) is 0 Å². The van der Waals surface area contributed by atoms with Crippen LogP contribution < -0.4 is 5.73 Å². The van der Waals surface area contributed by atoms with Crippen LogP contribution in [0.25, 0.3) is 0 Å². The zero-order valence-electron chi connectivity index (χ0n) is 10.1. The van der Waals surface area contributed by atoms with Gasteiger partial charge in [0, 0.05) is 22.6 Å². The normalized spacial score (nSPS) is 12.4. The summed E-state index contributed by atoms with van der Waals surface area (Å²) in [6, 6.07) is 10.2. The van der Waals surface area contributed by atoms with Crippen LogP contribution in [-0.2, 0) is 23.1 Å². The molecule has 0 radical (unpaired) electrons. The summed E-state index contributed by atoms with van der Waals surface area (Å²) >= 11 is 0. The molecule has 0 aliphatic carbocycles. The van der Waals surface area contributed by atoms with E-state index in [1.54, 1.807) is 18.2 Å². The first kappa shape index (κ1) is 13.8. The minimum Gasteiger partial charge on any atom is -0.326 e. The maximum absolute atomic E-state index is 13.9. The lowest BCUT2D eigenvalue weighted by Gasteiger charge is -2.07. The second kappa shape index (κ2) is 6.04. The van der Waals surface area contributed by atoms with Crippen molar-refractivity contribution in [3.05, 3.63) is 65.2 Å². The van der Waals surface area contributed by atoms with Gasteiger partial charge in [-0.3, -0.25) is 4.21 Å². The average molecular weight is 281 g/mol. The van der Waals surface area contributed by atoms with Gasteiger partial charge in [0.2, 0.25) is 0 Å². The summed E-state index contributed by atoms with van der Waals surface area (Å²) in [5.41, 5.74) is 6.17. The Morgan fingerprint density at radius 2 is 1.63 bits per heavy atom. The molecule has 5 heteroatoms. The average Bonchev–Trinajstić information content (AvgIpc) is 2.42. The van der Waals surface area contributed by atoms with E-state index in [0.717, 1.165) is 0 Å². The van der Waals surface area contributed by atoms with Crippen molar-refractivity contribution < 1.29 is 13.0 Å². The molecule has 1 atom stereocenters. The lowest BCUT2D eigenvalue weighted by Crippen LogP contribution is -2.05. The van der Waals surface area contributed by atoms with Gasteiger partial charge < -0.3 is 5.73 Å². The lowest BCUT2D eigenvalue weighted by molar-refractivity contribution is 0.598. The molecule has 100 valence electrons. The molecular weight excluding hydrogens is 268 g/mol. The largest absolute Gasteiger partial charge is 0.326 e. The summed E-state index contributed by atoms with van der Waals surface area (Å²) < 4.78 is 38.8. The van der Waals surface area contributed by atoms with Crippen LogP contribution in [0.15, 0.2) is 47.4 Å². The molecule has 2 rings (SSSR count). The van der Waals surface area contributed by atoms with Crippen LogP contribution in [0.2, 0.25) is 0 Å². The Kier molecular flexibility index (Phi) is 4.39. The summed E-state index contributed by atoms with van der Waals surface area (Å²) in [6.07, 6.45) is 0. The van der Waals surface area contributed by atoms with Gasteiger partial charge in [-0.15, -0.1) is 0 Å². The molecule has 0 aliphatic heterocycles. The van der Waals surface area contributed by atoms with Crippen LogP contribution >= 0.6 is 0 Å². The second-order valence-corrected chi connectivity index (χ2v) is 5.49. The predicted molar refractivity (Wildman–Crippen MR) is 70.8 cm³/mol. The Bertz CT molecular complexity index is 599. The molecule has 2 nitrogen and oxygen atoms in total. The first-order valence-electron chi connectivity index (χ1n) is 5.72. The molecule has 0 heterocycles. The molecule has 0 bridgehead atoms. The summed E-state index contributed by atoms with van der Waals surface area (Å²) in [7, 11) is -1.41. The van der Waals surface area contributed by atoms with Crippen molar-refractivity contribution in [3.8, 4) is 0 Å². The molecule has 1 unspecified atom stereocenters. The van der Waals surface area contributed by atoms with Crippen molar-refractivity contribution in [2.45, 2.75) is 17.2 Å². The van der Waals surface area contributed by atoms with Gasteiger partial charge in [0.15, 0.2) is 0 Å². The van der Waals surface area contributed by atoms with E-state index in [2.05, 4.69) is 0 Å². The molecule has 2 aromatic carbocycles. The van der Waals surface area contributed by atoms with Crippen LogP contribution in [0.5, 0.6) is 0 Å². The summed E-state index contributed by atoms with van der Waals surface area (Å²) in [6.45, 7) is 0.100. The van der Waals surface area contributed by atoms with Crippen molar-refractivity contribution in [2.75, 3.05) is 0 Å². The van der Waals surface area contributed by atoms with E-state index in [1.165, 1.54) is 24.3 Å². The first-order chi connectivity index (χ1) is 9.11. The van der Waals surface area contributed by atoms with E-state index in [-0.39, 0.29) is 12.3 Å². The monoisotopic (exact) mass is 281 g/mol. The number of halogens is 2. The Balaban J connectivity index is 2.21. The maximum Gasteiger partial charge on any atom is 0.131 e. The molecule has 0 aliphatic rings. The van der Waals surface area contributed by atoms with E-state index in [1.807, 2.05) is 0 Å². The van der Waals surface area contributed by atoms with Crippen LogP contribution in [0, 0.1) is 11.6 Å². The summed E-state index contributed by atoms with van der Waals surface area (Å²) in [5.74, 6) is -0.761. The highest BCUT2D eigenvalue weighted by Gasteiger charge is 2.11. The van der Waals surface area contributed by atoms with E-state index in [0.29, 0.717) is 16.0 Å². The molecule has 2 aromatic rings. The summed E-state index contributed by atoms with van der Waals surface area (Å²) in [4.78, 5) is 0.471. The number of hydrogen-bond acceptors (Lipinski definition) is 2. The molecule has 0 saturated carbocycles. The third-order valence-corrected chi connectivity index (χ3v) is 4.11. The van der Waals surface area contributed by atoms with Crippen LogP contribution in [-0.4, -0.2) is 4.21 Å². The summed E-state index contributed by atoms with van der Waals surface area (Å²) in [5, 5.41) is 0. The molecular formula is C14H13F2NOS. The van der Waals surface area contributed by atoms with Gasteiger partial charge in [0.25, 0.3) is 0 Å². The Labute approximate surface area is 112 Å². The van der Waals surface area contributed by atoms with Crippen molar-refractivity contribution in [1.82, 2.24) is 0 Å². The third kappa shape index (κ3) is 3.24. The van der Waals surface area contributed by atoms with Crippen molar-refractivity contribution >= 4 is 10.8 Å². The van der Waals surface area contributed by atoms with Gasteiger partial charge in [-0.05, 0) is 24.3 Å². The van der Waals surface area contributed by atoms with Gasteiger partial charge in [-0.2, -0.15) is 0 Å². The lowest BCUT2D eigenvalue weighted by atomic mass is 10.1. The number of benzene rings is 2. The standard InChI is InChI=1S/C14H13F2NOS/c15-12-4-6-13(7-5-12)19(18)9-11-3-1-2-10(8-17)14(11)16/h1-7H,8-9,17H2. The van der Waals surface area contributed by atoms with Gasteiger partial charge in [-0.25, -0.2) is 8.78 Å². The zero-order valence-corrected chi connectivity index (χ0v) is 10.9. The molecule has 2 N–H and O–H groups in total. The van der Waals surface area contributed by atoms with E-state index in [9.17, 15) is 13.0 Å². The fraction of sp³-hybridized carbons (Fsp3) is 0.143. The van der Waals surface area contributed by atoms with Gasteiger partial charge in [0.05, 0.1) is 16.6 Å². The highest BCUT2D eigenvalue weighted by molar-refractivity contribution is 7.84. The maximum atomic E-state index is 13.9. The molecule has 0 spiro atoms. The van der Waals surface area contributed by atoms with Gasteiger partial charge >= 0.3 is 0 Å². The molecule has 0 saturated heterocycles. The SMILES string of the molecule is NCc1cccc(CS(=O)c2ccc(F)cc2)c1F. The van der Waals surface area contributed by atoms with Crippen LogP contribution in [0.3, 0.4) is 0 Å². The van der Waals surface area contributed by atoms with Crippen LogP contribution in [0.1, 0.15) is 11.1 Å². The van der Waals surface area contributed by atoms with Gasteiger partial charge in [-0.1, -0.05) is 18.2 Å². The van der Waals surface area contributed by atoms with E-state index >= 15 is 0 Å². The zero-order chi connectivity index (χ0) is 13.8. The minimum absolute atomic E-state index is 0.0469. The minimum atomic E-state index is -1.41. The van der Waals surface area contributed by atoms with Crippen LogP contribution in [0.4, 0.5) is 8.78 Å². The third-order valence-electron chi connectivity index (χ3n) is 2.74. The Morgan fingerprint density at radius 1 is 1.00 bits per heavy atom. The quantitative estimate of drug-likeness (QED) is 0.936. The Hall–Kier alpha value is -1.59. The van der Waals surface area contributed by atoms with E-state index in [4.69, 9.17) is 5.73 Å². The fourth-order valence-electron chi connectivity index (χ4n) is 1.71. The topological polar surface area (TPSA) is 43.1 Å². The Morgan fingerprint density at radius 3 is 2.26 bits per heavy atom. The molecule has 0 amide bonds. The smallest absolute Gasteiger partial charge is 0.131 e. The highest BCUT2D eigenvalue weighted by Crippen LogP contribution is 2.18. The number of rotatable bonds is 4. The predicted octanol–water partition coefficient (Wildman–Crippen LogP) is 2.73. The van der Waals surface area contributed by atoms with E-state index < -0.39 is 22.4 Å². The van der Waals surface area contributed by atoms with Crippen molar-refractivity contribution in [2.24, 2.45) is 5.73 Å². The second-order valence-electron chi connectivity index (χ2n) is 4.04. The highest BCUT2D eigenvalue weighted by atomic mass is 32.2. The fourth-order valence-corrected chi connectivity index (χ4v) is 2.82. The number of hydrogen-bond donors (Lipinski definition) is 1. The first-order valence-corrected chi connectivity index (χ1v) is 7.04. The molecule has 0 aromatic heterocycles.